The van der Waals surface area contributed by atoms with Crippen molar-refractivity contribution in [1.29, 1.82) is 0 Å². The minimum absolute atomic E-state index is 0.334. The average Bonchev–Trinajstić information content (AvgIpc) is 2.15. The molecule has 0 bridgehead atoms. The van der Waals surface area contributed by atoms with Gasteiger partial charge in [0.15, 0.2) is 0 Å². The van der Waals surface area contributed by atoms with Gasteiger partial charge in [0, 0.05) is 17.8 Å². The van der Waals surface area contributed by atoms with Gasteiger partial charge < -0.3 is 11.1 Å². The van der Waals surface area contributed by atoms with Crippen molar-refractivity contribution in [1.82, 2.24) is 0 Å². The summed E-state index contributed by atoms with van der Waals surface area (Å²) in [6, 6.07) is 6.11. The van der Waals surface area contributed by atoms with Crippen LogP contribution < -0.4 is 11.1 Å². The van der Waals surface area contributed by atoms with Crippen molar-refractivity contribution in [3.8, 4) is 0 Å². The van der Waals surface area contributed by atoms with Gasteiger partial charge in [0.1, 0.15) is 4.99 Å². The van der Waals surface area contributed by atoms with Crippen LogP contribution in [0.3, 0.4) is 0 Å². The van der Waals surface area contributed by atoms with Crippen molar-refractivity contribution in [3.05, 3.63) is 29.3 Å². The molecular weight excluding hydrogens is 228 g/mol. The summed E-state index contributed by atoms with van der Waals surface area (Å²) < 4.78 is 0. The first-order chi connectivity index (χ1) is 7.79. The predicted molar refractivity (Wildman–Crippen MR) is 79.6 cm³/mol. The Hall–Kier alpha value is -1.09. The molecule has 0 radical (unpaired) electrons. The van der Waals surface area contributed by atoms with E-state index in [9.17, 15) is 0 Å². The third-order valence-corrected chi connectivity index (χ3v) is 2.85. The fourth-order valence-electron chi connectivity index (χ4n) is 1.59. The fourth-order valence-corrected chi connectivity index (χ4v) is 1.77. The lowest BCUT2D eigenvalue weighted by atomic mass is 9.92. The molecule has 94 valence electrons. The van der Waals surface area contributed by atoms with Crippen LogP contribution in [0.4, 0.5) is 5.69 Å². The lowest BCUT2D eigenvalue weighted by Gasteiger charge is -2.19. The molecule has 0 aliphatic rings. The Bertz CT molecular complexity index is 405. The van der Waals surface area contributed by atoms with Crippen LogP contribution in [0.1, 0.15) is 38.3 Å². The monoisotopic (exact) mass is 250 g/mol. The molecule has 0 aliphatic carbocycles. The molecule has 0 saturated heterocycles. The molecule has 0 heterocycles. The highest BCUT2D eigenvalue weighted by molar-refractivity contribution is 7.80. The predicted octanol–water partition coefficient (Wildman–Crippen LogP) is 3.48. The Labute approximate surface area is 110 Å². The Balaban J connectivity index is 2.75. The van der Waals surface area contributed by atoms with Crippen LogP contribution in [-0.4, -0.2) is 11.5 Å². The molecular formula is C14H22N2S. The van der Waals surface area contributed by atoms with E-state index in [1.54, 1.807) is 0 Å². The van der Waals surface area contributed by atoms with Crippen molar-refractivity contribution in [3.63, 3.8) is 0 Å². The van der Waals surface area contributed by atoms with E-state index >= 15 is 0 Å². The van der Waals surface area contributed by atoms with E-state index in [0.29, 0.717) is 10.4 Å². The molecule has 17 heavy (non-hydrogen) atoms. The minimum Gasteiger partial charge on any atom is -0.389 e. The highest BCUT2D eigenvalue weighted by Gasteiger charge is 2.10. The van der Waals surface area contributed by atoms with Crippen LogP contribution in [0.5, 0.6) is 0 Å². The number of nitrogens with two attached hydrogens (primary N) is 1. The molecule has 0 aromatic heterocycles. The maximum absolute atomic E-state index is 5.71. The van der Waals surface area contributed by atoms with E-state index in [0.717, 1.165) is 24.2 Å². The molecule has 1 rings (SSSR count). The SMILES string of the molecule is Cc1ccc(C(N)=S)c(NCCC(C)(C)C)c1. The van der Waals surface area contributed by atoms with Gasteiger partial charge in [0.25, 0.3) is 0 Å². The first-order valence-electron chi connectivity index (χ1n) is 5.94. The van der Waals surface area contributed by atoms with Gasteiger partial charge in [0.05, 0.1) is 0 Å². The maximum Gasteiger partial charge on any atom is 0.106 e. The molecule has 1 aromatic rings. The number of benzene rings is 1. The topological polar surface area (TPSA) is 38.0 Å². The summed E-state index contributed by atoms with van der Waals surface area (Å²) in [6.45, 7) is 9.71. The summed E-state index contributed by atoms with van der Waals surface area (Å²) in [5.74, 6) is 0. The Morgan fingerprint density at radius 2 is 2.00 bits per heavy atom. The molecule has 0 fully saturated rings. The van der Waals surface area contributed by atoms with Gasteiger partial charge in [0.2, 0.25) is 0 Å². The third-order valence-electron chi connectivity index (χ3n) is 2.63. The Morgan fingerprint density at radius 3 is 2.53 bits per heavy atom. The molecule has 0 unspecified atom stereocenters. The molecule has 3 heteroatoms. The van der Waals surface area contributed by atoms with Gasteiger partial charge in [-0.2, -0.15) is 0 Å². The summed E-state index contributed by atoms with van der Waals surface area (Å²) in [5, 5.41) is 3.42. The van der Waals surface area contributed by atoms with Crippen molar-refractivity contribution in [2.24, 2.45) is 11.1 Å². The Kier molecular flexibility index (Phi) is 4.52. The zero-order valence-corrected chi connectivity index (χ0v) is 11.9. The number of anilines is 1. The summed E-state index contributed by atoms with van der Waals surface area (Å²) in [6.07, 6.45) is 1.11. The zero-order valence-electron chi connectivity index (χ0n) is 11.1. The number of hydrogen-bond donors (Lipinski definition) is 2. The van der Waals surface area contributed by atoms with Crippen molar-refractivity contribution in [2.75, 3.05) is 11.9 Å². The van der Waals surface area contributed by atoms with Crippen molar-refractivity contribution < 1.29 is 0 Å². The largest absolute Gasteiger partial charge is 0.389 e. The van der Waals surface area contributed by atoms with E-state index in [1.807, 2.05) is 12.1 Å². The van der Waals surface area contributed by atoms with Crippen LogP contribution in [0, 0.1) is 12.3 Å². The number of aryl methyl sites for hydroxylation is 1. The molecule has 3 N–H and O–H groups in total. The van der Waals surface area contributed by atoms with E-state index in [1.165, 1.54) is 5.56 Å². The second-order valence-corrected chi connectivity index (χ2v) is 6.09. The number of thiocarbonyl (C=S) groups is 1. The van der Waals surface area contributed by atoms with Crippen LogP contribution >= 0.6 is 12.2 Å². The van der Waals surface area contributed by atoms with Gasteiger partial charge in [-0.15, -0.1) is 0 Å². The van der Waals surface area contributed by atoms with Crippen LogP contribution in [0.25, 0.3) is 0 Å². The van der Waals surface area contributed by atoms with Crippen LogP contribution in [-0.2, 0) is 0 Å². The molecule has 0 atom stereocenters. The first-order valence-corrected chi connectivity index (χ1v) is 6.35. The first kappa shape index (κ1) is 14.0. The molecule has 0 aliphatic heterocycles. The highest BCUT2D eigenvalue weighted by atomic mass is 32.1. The molecule has 1 aromatic carbocycles. The molecule has 0 saturated carbocycles. The van der Waals surface area contributed by atoms with E-state index < -0.39 is 0 Å². The standard InChI is InChI=1S/C14H22N2S/c1-10-5-6-11(13(15)17)12(9-10)16-8-7-14(2,3)4/h5-6,9,16H,7-8H2,1-4H3,(H2,15,17). The zero-order chi connectivity index (χ0) is 13.1. The maximum atomic E-state index is 5.71. The second kappa shape index (κ2) is 5.50. The van der Waals surface area contributed by atoms with Gasteiger partial charge in [-0.3, -0.25) is 0 Å². The fraction of sp³-hybridized carbons (Fsp3) is 0.500. The molecule has 0 amide bonds. The lowest BCUT2D eigenvalue weighted by Crippen LogP contribution is -2.16. The third kappa shape index (κ3) is 4.73. The van der Waals surface area contributed by atoms with E-state index in [2.05, 4.69) is 39.1 Å². The normalized spacial score (nSPS) is 11.3. The van der Waals surface area contributed by atoms with E-state index in [4.69, 9.17) is 18.0 Å². The molecule has 0 spiro atoms. The van der Waals surface area contributed by atoms with Gasteiger partial charge in [-0.1, -0.05) is 39.1 Å². The number of rotatable bonds is 4. The summed E-state index contributed by atoms with van der Waals surface area (Å²) >= 11 is 5.05. The summed E-state index contributed by atoms with van der Waals surface area (Å²) in [7, 11) is 0. The van der Waals surface area contributed by atoms with E-state index in [-0.39, 0.29) is 0 Å². The average molecular weight is 250 g/mol. The van der Waals surface area contributed by atoms with Crippen molar-refractivity contribution >= 4 is 22.9 Å². The summed E-state index contributed by atoms with van der Waals surface area (Å²) in [5.41, 5.74) is 9.23. The molecule has 2 nitrogen and oxygen atoms in total. The quantitative estimate of drug-likeness (QED) is 0.804. The second-order valence-electron chi connectivity index (χ2n) is 5.65. The smallest absolute Gasteiger partial charge is 0.106 e. The van der Waals surface area contributed by atoms with Crippen molar-refractivity contribution in [2.45, 2.75) is 34.1 Å². The van der Waals surface area contributed by atoms with Gasteiger partial charge >= 0.3 is 0 Å². The van der Waals surface area contributed by atoms with Gasteiger partial charge in [-0.05, 0) is 36.5 Å². The minimum atomic E-state index is 0.334. The van der Waals surface area contributed by atoms with Crippen LogP contribution in [0.15, 0.2) is 18.2 Å². The lowest BCUT2D eigenvalue weighted by molar-refractivity contribution is 0.390. The Morgan fingerprint density at radius 1 is 1.35 bits per heavy atom. The highest BCUT2D eigenvalue weighted by Crippen LogP contribution is 2.21. The van der Waals surface area contributed by atoms with Gasteiger partial charge in [-0.25, -0.2) is 0 Å². The summed E-state index contributed by atoms with van der Waals surface area (Å²) in [4.78, 5) is 0.447. The number of nitrogens with one attached hydrogen (secondary N) is 1. The van der Waals surface area contributed by atoms with Crippen LogP contribution in [0.2, 0.25) is 0 Å². The number of hydrogen-bond acceptors (Lipinski definition) is 2.